The molecule has 2 fully saturated rings. The molecule has 0 radical (unpaired) electrons. The van der Waals surface area contributed by atoms with Crippen LogP contribution in [0.2, 0.25) is 0 Å². The van der Waals surface area contributed by atoms with Gasteiger partial charge in [-0.25, -0.2) is 0 Å². The Balaban J connectivity index is 1.72. The Labute approximate surface area is 112 Å². The molecule has 0 spiro atoms. The fraction of sp³-hybridized carbons (Fsp3) is 1.00. The lowest BCUT2D eigenvalue weighted by Gasteiger charge is -2.40. The van der Waals surface area contributed by atoms with Crippen LogP contribution in [-0.4, -0.2) is 23.9 Å². The van der Waals surface area contributed by atoms with Crippen LogP contribution in [0.4, 0.5) is 0 Å². The van der Waals surface area contributed by atoms with E-state index in [1.165, 1.54) is 44.9 Å². The quantitative estimate of drug-likeness (QED) is 0.782. The Bertz CT molecular complexity index is 235. The lowest BCUT2D eigenvalue weighted by molar-refractivity contribution is -0.0508. The first-order valence-electron chi connectivity index (χ1n) is 8.04. The molecule has 2 rings (SSSR count). The van der Waals surface area contributed by atoms with Crippen LogP contribution in [0.15, 0.2) is 0 Å². The molecular weight excluding hydrogens is 224 g/mol. The van der Waals surface area contributed by atoms with E-state index in [0.29, 0.717) is 12.0 Å². The van der Waals surface area contributed by atoms with Crippen LogP contribution < -0.4 is 0 Å². The zero-order chi connectivity index (χ0) is 13.0. The molecule has 0 bridgehead atoms. The van der Waals surface area contributed by atoms with Gasteiger partial charge in [0, 0.05) is 6.61 Å². The molecule has 0 aromatic heterocycles. The molecule has 0 aliphatic heterocycles. The van der Waals surface area contributed by atoms with Gasteiger partial charge >= 0.3 is 0 Å². The summed E-state index contributed by atoms with van der Waals surface area (Å²) in [6.45, 7) is 5.18. The smallest absolute Gasteiger partial charge is 0.0580 e. The fourth-order valence-corrected chi connectivity index (χ4v) is 4.00. The molecule has 2 aliphatic rings. The van der Waals surface area contributed by atoms with Gasteiger partial charge in [-0.1, -0.05) is 32.6 Å². The SMILES string of the molecule is CCOC1CC(CC(O)C2CCCCC2CC)C1. The normalized spacial score (nSPS) is 38.2. The highest BCUT2D eigenvalue weighted by molar-refractivity contribution is 4.86. The van der Waals surface area contributed by atoms with Crippen molar-refractivity contribution in [3.05, 3.63) is 0 Å². The third-order valence-corrected chi connectivity index (χ3v) is 5.16. The predicted molar refractivity (Wildman–Crippen MR) is 74.5 cm³/mol. The molecule has 0 aromatic carbocycles. The molecule has 3 atom stereocenters. The van der Waals surface area contributed by atoms with Crippen LogP contribution in [0, 0.1) is 17.8 Å². The Morgan fingerprint density at radius 3 is 2.56 bits per heavy atom. The van der Waals surface area contributed by atoms with E-state index in [1.54, 1.807) is 0 Å². The Morgan fingerprint density at radius 2 is 1.89 bits per heavy atom. The number of hydrogen-bond donors (Lipinski definition) is 1. The molecule has 0 aromatic rings. The van der Waals surface area contributed by atoms with Crippen molar-refractivity contribution < 1.29 is 9.84 Å². The van der Waals surface area contributed by atoms with E-state index in [4.69, 9.17) is 4.74 Å². The molecule has 3 unspecified atom stereocenters. The molecule has 2 aliphatic carbocycles. The average molecular weight is 254 g/mol. The van der Waals surface area contributed by atoms with Crippen molar-refractivity contribution in [2.75, 3.05) is 6.61 Å². The average Bonchev–Trinajstić information content (AvgIpc) is 2.36. The number of aliphatic hydroxyl groups is 1. The summed E-state index contributed by atoms with van der Waals surface area (Å²) < 4.78 is 5.60. The van der Waals surface area contributed by atoms with Gasteiger partial charge in [0.1, 0.15) is 0 Å². The summed E-state index contributed by atoms with van der Waals surface area (Å²) in [7, 11) is 0. The van der Waals surface area contributed by atoms with Gasteiger partial charge in [-0.3, -0.25) is 0 Å². The van der Waals surface area contributed by atoms with E-state index < -0.39 is 0 Å². The van der Waals surface area contributed by atoms with Crippen molar-refractivity contribution >= 4 is 0 Å². The van der Waals surface area contributed by atoms with E-state index >= 15 is 0 Å². The predicted octanol–water partition coefficient (Wildman–Crippen LogP) is 3.77. The molecule has 18 heavy (non-hydrogen) atoms. The maximum atomic E-state index is 10.5. The maximum absolute atomic E-state index is 10.5. The van der Waals surface area contributed by atoms with Gasteiger partial charge in [-0.15, -0.1) is 0 Å². The molecule has 2 nitrogen and oxygen atoms in total. The zero-order valence-corrected chi connectivity index (χ0v) is 12.1. The summed E-state index contributed by atoms with van der Waals surface area (Å²) in [5, 5.41) is 10.5. The van der Waals surface area contributed by atoms with Gasteiger partial charge in [-0.2, -0.15) is 0 Å². The molecule has 0 heterocycles. The molecule has 106 valence electrons. The third kappa shape index (κ3) is 3.48. The summed E-state index contributed by atoms with van der Waals surface area (Å²) in [4.78, 5) is 0. The van der Waals surface area contributed by atoms with Crippen molar-refractivity contribution in [3.63, 3.8) is 0 Å². The Hall–Kier alpha value is -0.0800. The second-order valence-electron chi connectivity index (χ2n) is 6.33. The Kier molecular flexibility index (Phi) is 5.50. The monoisotopic (exact) mass is 254 g/mol. The van der Waals surface area contributed by atoms with Crippen molar-refractivity contribution in [1.82, 2.24) is 0 Å². The zero-order valence-electron chi connectivity index (χ0n) is 12.1. The van der Waals surface area contributed by atoms with Crippen LogP contribution in [0.5, 0.6) is 0 Å². The van der Waals surface area contributed by atoms with Crippen LogP contribution in [0.1, 0.15) is 65.2 Å². The molecule has 2 saturated carbocycles. The minimum Gasteiger partial charge on any atom is -0.393 e. The van der Waals surface area contributed by atoms with Gasteiger partial charge in [0.15, 0.2) is 0 Å². The summed E-state index contributed by atoms with van der Waals surface area (Å²) >= 11 is 0. The number of hydrogen-bond acceptors (Lipinski definition) is 2. The van der Waals surface area contributed by atoms with Gasteiger partial charge < -0.3 is 9.84 Å². The van der Waals surface area contributed by atoms with Gasteiger partial charge in [0.25, 0.3) is 0 Å². The van der Waals surface area contributed by atoms with Crippen LogP contribution in [-0.2, 0) is 4.74 Å². The minimum atomic E-state index is -0.0529. The third-order valence-electron chi connectivity index (χ3n) is 5.16. The van der Waals surface area contributed by atoms with E-state index in [2.05, 4.69) is 13.8 Å². The lowest BCUT2D eigenvalue weighted by Crippen LogP contribution is -2.37. The molecule has 0 saturated heterocycles. The van der Waals surface area contributed by atoms with Gasteiger partial charge in [0.05, 0.1) is 12.2 Å². The molecule has 2 heteroatoms. The van der Waals surface area contributed by atoms with Gasteiger partial charge in [-0.05, 0) is 50.4 Å². The molecule has 0 amide bonds. The summed E-state index contributed by atoms with van der Waals surface area (Å²) in [6, 6.07) is 0. The molecular formula is C16H30O2. The van der Waals surface area contributed by atoms with E-state index in [0.717, 1.165) is 24.9 Å². The van der Waals surface area contributed by atoms with Gasteiger partial charge in [0.2, 0.25) is 0 Å². The minimum absolute atomic E-state index is 0.0529. The summed E-state index contributed by atoms with van der Waals surface area (Å²) in [5.41, 5.74) is 0. The van der Waals surface area contributed by atoms with E-state index in [9.17, 15) is 5.11 Å². The van der Waals surface area contributed by atoms with Crippen molar-refractivity contribution in [2.24, 2.45) is 17.8 Å². The fourth-order valence-electron chi connectivity index (χ4n) is 4.00. The molecule has 1 N–H and O–H groups in total. The van der Waals surface area contributed by atoms with Crippen molar-refractivity contribution in [2.45, 2.75) is 77.4 Å². The van der Waals surface area contributed by atoms with Crippen LogP contribution in [0.25, 0.3) is 0 Å². The highest BCUT2D eigenvalue weighted by atomic mass is 16.5. The second-order valence-corrected chi connectivity index (χ2v) is 6.33. The van der Waals surface area contributed by atoms with Crippen molar-refractivity contribution in [1.29, 1.82) is 0 Å². The first kappa shape index (κ1) is 14.3. The van der Waals surface area contributed by atoms with Crippen LogP contribution >= 0.6 is 0 Å². The van der Waals surface area contributed by atoms with Crippen molar-refractivity contribution in [3.8, 4) is 0 Å². The first-order valence-corrected chi connectivity index (χ1v) is 8.04. The van der Waals surface area contributed by atoms with Crippen LogP contribution in [0.3, 0.4) is 0 Å². The lowest BCUT2D eigenvalue weighted by atomic mass is 9.70. The largest absolute Gasteiger partial charge is 0.393 e. The number of ether oxygens (including phenoxy) is 1. The standard InChI is InChI=1S/C16H30O2/c1-3-13-7-5-6-8-15(13)16(17)11-12-9-14(10-12)18-4-2/h12-17H,3-11H2,1-2H3. The van der Waals surface area contributed by atoms with E-state index in [-0.39, 0.29) is 6.10 Å². The van der Waals surface area contributed by atoms with E-state index in [1.807, 2.05) is 0 Å². The topological polar surface area (TPSA) is 29.5 Å². The number of rotatable bonds is 6. The Morgan fingerprint density at radius 1 is 1.17 bits per heavy atom. The summed E-state index contributed by atoms with van der Waals surface area (Å²) in [5.74, 6) is 2.07. The highest BCUT2D eigenvalue weighted by Gasteiger charge is 2.35. The first-order chi connectivity index (χ1) is 8.74. The highest BCUT2D eigenvalue weighted by Crippen LogP contribution is 2.40. The second kappa shape index (κ2) is 6.91. The summed E-state index contributed by atoms with van der Waals surface area (Å²) in [6.07, 6.45) is 10.3. The number of aliphatic hydroxyl groups excluding tert-OH is 1. The maximum Gasteiger partial charge on any atom is 0.0580 e.